The minimum absolute atomic E-state index is 0.0608. The summed E-state index contributed by atoms with van der Waals surface area (Å²) < 4.78 is 13.9. The predicted molar refractivity (Wildman–Crippen MR) is 74.7 cm³/mol. The van der Waals surface area contributed by atoms with E-state index in [4.69, 9.17) is 5.84 Å². The summed E-state index contributed by atoms with van der Waals surface area (Å²) in [5, 5.41) is 0.989. The minimum Gasteiger partial charge on any atom is -0.271 e. The molecule has 2 rings (SSSR count). The highest BCUT2D eigenvalue weighted by Crippen LogP contribution is 2.28. The van der Waals surface area contributed by atoms with Crippen molar-refractivity contribution in [1.29, 1.82) is 0 Å². The number of benzene rings is 1. The lowest BCUT2D eigenvalue weighted by atomic mass is 10.1. The SMILES string of the molecule is Cc1ncc(C(Cc2cccc(F)c2Br)NN)s1. The van der Waals surface area contributed by atoms with Crippen molar-refractivity contribution < 1.29 is 4.39 Å². The Morgan fingerprint density at radius 3 is 2.94 bits per heavy atom. The van der Waals surface area contributed by atoms with E-state index in [1.165, 1.54) is 6.07 Å². The van der Waals surface area contributed by atoms with Gasteiger partial charge in [0.15, 0.2) is 0 Å². The minimum atomic E-state index is -0.260. The van der Waals surface area contributed by atoms with E-state index in [2.05, 4.69) is 26.3 Å². The first-order valence-corrected chi connectivity index (χ1v) is 7.04. The zero-order chi connectivity index (χ0) is 13.1. The van der Waals surface area contributed by atoms with Crippen LogP contribution in [0.15, 0.2) is 28.9 Å². The number of nitrogens with two attached hydrogens (primary N) is 1. The molecule has 18 heavy (non-hydrogen) atoms. The third-order valence-corrected chi connectivity index (χ3v) is 4.55. The molecule has 3 nitrogen and oxygen atoms in total. The van der Waals surface area contributed by atoms with Gasteiger partial charge in [0.2, 0.25) is 0 Å². The van der Waals surface area contributed by atoms with Gasteiger partial charge in [-0.05, 0) is 40.9 Å². The average Bonchev–Trinajstić information content (AvgIpc) is 2.78. The molecule has 96 valence electrons. The Bertz CT molecular complexity index is 544. The summed E-state index contributed by atoms with van der Waals surface area (Å²) in [7, 11) is 0. The number of thiazole rings is 1. The van der Waals surface area contributed by atoms with Crippen LogP contribution >= 0.6 is 27.3 Å². The van der Waals surface area contributed by atoms with Gasteiger partial charge < -0.3 is 0 Å². The molecule has 1 aromatic carbocycles. The molecule has 0 saturated carbocycles. The number of nitrogens with one attached hydrogen (secondary N) is 1. The third kappa shape index (κ3) is 2.95. The number of halogens is 2. The van der Waals surface area contributed by atoms with Crippen LogP contribution in [0.1, 0.15) is 21.5 Å². The molecule has 1 unspecified atom stereocenters. The quantitative estimate of drug-likeness (QED) is 0.669. The van der Waals surface area contributed by atoms with E-state index in [0.717, 1.165) is 15.4 Å². The highest BCUT2D eigenvalue weighted by atomic mass is 79.9. The summed E-state index contributed by atoms with van der Waals surface area (Å²) in [5.41, 5.74) is 3.63. The summed E-state index contributed by atoms with van der Waals surface area (Å²) in [4.78, 5) is 5.25. The molecule has 0 aliphatic carbocycles. The summed E-state index contributed by atoms with van der Waals surface area (Å²) in [6.45, 7) is 1.94. The van der Waals surface area contributed by atoms with Gasteiger partial charge in [-0.3, -0.25) is 11.3 Å². The molecule has 0 amide bonds. The number of aryl methyl sites for hydroxylation is 1. The number of hydrazine groups is 1. The first-order valence-electron chi connectivity index (χ1n) is 5.43. The second kappa shape index (κ2) is 5.88. The van der Waals surface area contributed by atoms with E-state index in [1.807, 2.05) is 13.0 Å². The lowest BCUT2D eigenvalue weighted by Crippen LogP contribution is -2.29. The Hall–Kier alpha value is -0.820. The molecular weight excluding hydrogens is 317 g/mol. The third-order valence-electron chi connectivity index (χ3n) is 2.64. The molecule has 1 atom stereocenters. The molecule has 1 heterocycles. The van der Waals surface area contributed by atoms with Crippen molar-refractivity contribution in [3.63, 3.8) is 0 Å². The van der Waals surface area contributed by atoms with E-state index in [1.54, 1.807) is 23.6 Å². The molecule has 6 heteroatoms. The summed E-state index contributed by atoms with van der Waals surface area (Å²) in [5.74, 6) is 5.31. The standard InChI is InChI=1S/C12H13BrFN3S/c1-7-16-6-11(18-7)10(17-15)5-8-3-2-4-9(14)12(8)13/h2-4,6,10,17H,5,15H2,1H3. The largest absolute Gasteiger partial charge is 0.271 e. The van der Waals surface area contributed by atoms with Gasteiger partial charge in [-0.15, -0.1) is 11.3 Å². The van der Waals surface area contributed by atoms with Crippen LogP contribution in [0.3, 0.4) is 0 Å². The summed E-state index contributed by atoms with van der Waals surface area (Å²) in [6.07, 6.45) is 2.41. The van der Waals surface area contributed by atoms with Crippen LogP contribution < -0.4 is 11.3 Å². The Morgan fingerprint density at radius 2 is 2.33 bits per heavy atom. The van der Waals surface area contributed by atoms with Crippen molar-refractivity contribution in [2.75, 3.05) is 0 Å². The van der Waals surface area contributed by atoms with Crippen LogP contribution in [0.2, 0.25) is 0 Å². The summed E-state index contributed by atoms with van der Waals surface area (Å²) in [6, 6.07) is 4.94. The van der Waals surface area contributed by atoms with Crippen molar-refractivity contribution in [1.82, 2.24) is 10.4 Å². The first kappa shape index (κ1) is 13.6. The fourth-order valence-electron chi connectivity index (χ4n) is 1.71. The first-order chi connectivity index (χ1) is 8.61. The predicted octanol–water partition coefficient (Wildman–Crippen LogP) is 3.10. The van der Waals surface area contributed by atoms with Crippen LogP contribution in [-0.2, 0) is 6.42 Å². The fraction of sp³-hybridized carbons (Fsp3) is 0.250. The second-order valence-corrected chi connectivity index (χ2v) is 5.98. The highest BCUT2D eigenvalue weighted by molar-refractivity contribution is 9.10. The van der Waals surface area contributed by atoms with Crippen molar-refractivity contribution in [3.05, 3.63) is 50.1 Å². The van der Waals surface area contributed by atoms with E-state index in [0.29, 0.717) is 10.9 Å². The van der Waals surface area contributed by atoms with Gasteiger partial charge in [0, 0.05) is 11.1 Å². The topological polar surface area (TPSA) is 50.9 Å². The zero-order valence-corrected chi connectivity index (χ0v) is 12.2. The maximum Gasteiger partial charge on any atom is 0.137 e. The Balaban J connectivity index is 2.23. The van der Waals surface area contributed by atoms with Crippen molar-refractivity contribution in [2.45, 2.75) is 19.4 Å². The van der Waals surface area contributed by atoms with Crippen LogP contribution in [-0.4, -0.2) is 4.98 Å². The molecule has 2 aromatic rings. The molecule has 0 bridgehead atoms. The van der Waals surface area contributed by atoms with Gasteiger partial charge >= 0.3 is 0 Å². The lowest BCUT2D eigenvalue weighted by Gasteiger charge is -2.15. The highest BCUT2D eigenvalue weighted by Gasteiger charge is 2.16. The molecule has 3 N–H and O–H groups in total. The molecule has 0 radical (unpaired) electrons. The normalized spacial score (nSPS) is 12.7. The molecule has 1 aromatic heterocycles. The van der Waals surface area contributed by atoms with Gasteiger partial charge in [0.25, 0.3) is 0 Å². The van der Waals surface area contributed by atoms with E-state index >= 15 is 0 Å². The molecule has 0 fully saturated rings. The maximum atomic E-state index is 13.4. The Kier molecular flexibility index (Phi) is 4.45. The van der Waals surface area contributed by atoms with Crippen molar-refractivity contribution >= 4 is 27.3 Å². The lowest BCUT2D eigenvalue weighted by molar-refractivity contribution is 0.553. The Labute approximate surface area is 117 Å². The molecule has 0 aliphatic heterocycles. The molecular formula is C12H13BrFN3S. The molecule has 0 saturated heterocycles. The zero-order valence-electron chi connectivity index (χ0n) is 9.78. The smallest absolute Gasteiger partial charge is 0.137 e. The van der Waals surface area contributed by atoms with E-state index < -0.39 is 0 Å². The number of hydrogen-bond acceptors (Lipinski definition) is 4. The maximum absolute atomic E-state index is 13.4. The van der Waals surface area contributed by atoms with Crippen molar-refractivity contribution in [3.8, 4) is 0 Å². The monoisotopic (exact) mass is 329 g/mol. The number of hydrogen-bond donors (Lipinski definition) is 2. The van der Waals surface area contributed by atoms with Crippen molar-refractivity contribution in [2.24, 2.45) is 5.84 Å². The second-order valence-electron chi connectivity index (χ2n) is 3.92. The van der Waals surface area contributed by atoms with E-state index in [9.17, 15) is 4.39 Å². The summed E-state index contributed by atoms with van der Waals surface area (Å²) >= 11 is 4.85. The molecule has 0 aliphatic rings. The fourth-order valence-corrected chi connectivity index (χ4v) is 2.98. The van der Waals surface area contributed by atoms with Gasteiger partial charge in [0.1, 0.15) is 5.82 Å². The van der Waals surface area contributed by atoms with Gasteiger partial charge in [-0.25, -0.2) is 9.37 Å². The van der Waals surface area contributed by atoms with Gasteiger partial charge in [-0.2, -0.15) is 0 Å². The van der Waals surface area contributed by atoms with Gasteiger partial charge in [0.05, 0.1) is 15.5 Å². The number of aromatic nitrogens is 1. The Morgan fingerprint density at radius 1 is 1.56 bits per heavy atom. The van der Waals surface area contributed by atoms with Crippen LogP contribution in [0.25, 0.3) is 0 Å². The number of nitrogens with zero attached hydrogens (tertiary/aromatic N) is 1. The van der Waals surface area contributed by atoms with Crippen LogP contribution in [0.5, 0.6) is 0 Å². The van der Waals surface area contributed by atoms with E-state index in [-0.39, 0.29) is 11.9 Å². The van der Waals surface area contributed by atoms with Crippen LogP contribution in [0, 0.1) is 12.7 Å². The average molecular weight is 330 g/mol. The van der Waals surface area contributed by atoms with Gasteiger partial charge in [-0.1, -0.05) is 12.1 Å². The molecule has 0 spiro atoms. The van der Waals surface area contributed by atoms with Crippen LogP contribution in [0.4, 0.5) is 4.39 Å². The number of rotatable bonds is 4.